The molecule has 0 radical (unpaired) electrons. The predicted molar refractivity (Wildman–Crippen MR) is 89.0 cm³/mol. The minimum Gasteiger partial charge on any atom is -0.336 e. The summed E-state index contributed by atoms with van der Waals surface area (Å²) in [6.07, 6.45) is 5.50. The van der Waals surface area contributed by atoms with Gasteiger partial charge in [-0.3, -0.25) is 4.68 Å². The molecule has 0 saturated carbocycles. The maximum Gasteiger partial charge on any atom is 0.315 e. The molecule has 6 nitrogen and oxygen atoms in total. The van der Waals surface area contributed by atoms with Gasteiger partial charge in [0.05, 0.1) is 24.7 Å². The van der Waals surface area contributed by atoms with Crippen LogP contribution in [0.1, 0.15) is 49.6 Å². The van der Waals surface area contributed by atoms with Gasteiger partial charge in [-0.1, -0.05) is 12.2 Å². The van der Waals surface area contributed by atoms with Gasteiger partial charge in [-0.25, -0.2) is 4.79 Å². The van der Waals surface area contributed by atoms with Gasteiger partial charge in [0.1, 0.15) is 0 Å². The van der Waals surface area contributed by atoms with Crippen LogP contribution >= 0.6 is 0 Å². The average Bonchev–Trinajstić information content (AvgIpc) is 3.00. The fourth-order valence-corrected chi connectivity index (χ4v) is 3.11. The fraction of sp³-hybridized carbons (Fsp3) is 0.588. The van der Waals surface area contributed by atoms with Gasteiger partial charge < -0.3 is 10.6 Å². The van der Waals surface area contributed by atoms with Crippen LogP contribution in [0.25, 0.3) is 0 Å². The lowest BCUT2D eigenvalue weighted by Crippen LogP contribution is -2.43. The lowest BCUT2D eigenvalue weighted by molar-refractivity contribution is 0.236. The molecule has 2 atom stereocenters. The molecule has 6 heteroatoms. The van der Waals surface area contributed by atoms with Crippen LogP contribution in [0, 0.1) is 25.2 Å². The molecule has 0 bridgehead atoms. The summed E-state index contributed by atoms with van der Waals surface area (Å²) in [6.45, 7) is 8.56. The van der Waals surface area contributed by atoms with Crippen LogP contribution in [-0.2, 0) is 6.54 Å². The summed E-state index contributed by atoms with van der Waals surface area (Å²) in [5.74, 6) is 0.259. The minimum absolute atomic E-state index is 0.0417. The van der Waals surface area contributed by atoms with Crippen molar-refractivity contribution in [2.24, 2.45) is 0 Å². The number of nitrogens with zero attached hydrogens (tertiary/aromatic N) is 3. The number of amides is 2. The van der Waals surface area contributed by atoms with E-state index in [-0.39, 0.29) is 24.0 Å². The van der Waals surface area contributed by atoms with Crippen LogP contribution in [0.2, 0.25) is 0 Å². The minimum atomic E-state index is -0.131. The van der Waals surface area contributed by atoms with Crippen molar-refractivity contribution < 1.29 is 4.79 Å². The van der Waals surface area contributed by atoms with E-state index in [9.17, 15) is 4.79 Å². The molecular weight excluding hydrogens is 290 g/mol. The molecule has 2 rings (SSSR count). The highest BCUT2D eigenvalue weighted by Gasteiger charge is 2.26. The third kappa shape index (κ3) is 4.13. The first-order valence-electron chi connectivity index (χ1n) is 8.08. The topological polar surface area (TPSA) is 82.7 Å². The molecule has 1 aliphatic carbocycles. The monoisotopic (exact) mass is 315 g/mol. The lowest BCUT2D eigenvalue weighted by atomic mass is 9.96. The number of allylic oxidation sites excluding steroid dienone is 1. The van der Waals surface area contributed by atoms with Crippen molar-refractivity contribution in [2.45, 2.75) is 65.1 Å². The number of nitriles is 1. The lowest BCUT2D eigenvalue weighted by Gasteiger charge is -2.16. The van der Waals surface area contributed by atoms with E-state index < -0.39 is 0 Å². The molecule has 0 fully saturated rings. The average molecular weight is 315 g/mol. The Morgan fingerprint density at radius 3 is 2.87 bits per heavy atom. The van der Waals surface area contributed by atoms with Crippen LogP contribution in [0.4, 0.5) is 4.79 Å². The fourth-order valence-electron chi connectivity index (χ4n) is 3.11. The van der Waals surface area contributed by atoms with Crippen LogP contribution in [0.5, 0.6) is 0 Å². The van der Waals surface area contributed by atoms with Crippen molar-refractivity contribution in [1.82, 2.24) is 20.4 Å². The van der Waals surface area contributed by atoms with Crippen LogP contribution < -0.4 is 10.6 Å². The summed E-state index contributed by atoms with van der Waals surface area (Å²) in [4.78, 5) is 11.8. The molecule has 2 amide bonds. The number of rotatable bonds is 5. The molecule has 1 aromatic heterocycles. The Morgan fingerprint density at radius 1 is 1.48 bits per heavy atom. The third-order valence-corrected chi connectivity index (χ3v) is 4.06. The van der Waals surface area contributed by atoms with Gasteiger partial charge >= 0.3 is 6.03 Å². The molecule has 1 aromatic rings. The van der Waals surface area contributed by atoms with E-state index in [1.165, 1.54) is 5.56 Å². The van der Waals surface area contributed by atoms with Gasteiger partial charge in [-0.15, -0.1) is 0 Å². The maximum absolute atomic E-state index is 11.8. The van der Waals surface area contributed by atoms with E-state index in [1.54, 1.807) is 0 Å². The predicted octanol–water partition coefficient (Wildman–Crippen LogP) is 2.53. The number of hydrogen-bond acceptors (Lipinski definition) is 3. The molecule has 0 spiro atoms. The smallest absolute Gasteiger partial charge is 0.315 e. The summed E-state index contributed by atoms with van der Waals surface area (Å²) in [5, 5.41) is 19.1. The third-order valence-electron chi connectivity index (χ3n) is 4.06. The molecule has 23 heavy (non-hydrogen) atoms. The van der Waals surface area contributed by atoms with E-state index in [2.05, 4.69) is 34.0 Å². The Hall–Kier alpha value is -2.29. The number of carbonyl (C=O) groups excluding carboxylic acids is 1. The van der Waals surface area contributed by atoms with Gasteiger partial charge in [-0.2, -0.15) is 10.4 Å². The maximum atomic E-state index is 11.8. The van der Waals surface area contributed by atoms with Gasteiger partial charge in [-0.05, 0) is 34.1 Å². The van der Waals surface area contributed by atoms with Crippen molar-refractivity contribution in [2.75, 3.05) is 0 Å². The molecule has 0 unspecified atom stereocenters. The molecule has 1 aliphatic rings. The summed E-state index contributed by atoms with van der Waals surface area (Å²) >= 11 is 0. The second-order valence-corrected chi connectivity index (χ2v) is 6.32. The Bertz CT molecular complexity index is 638. The van der Waals surface area contributed by atoms with Crippen molar-refractivity contribution >= 4 is 6.03 Å². The number of hydrogen-bond donors (Lipinski definition) is 2. The zero-order valence-electron chi connectivity index (χ0n) is 14.3. The van der Waals surface area contributed by atoms with Crippen LogP contribution in [-0.4, -0.2) is 27.9 Å². The molecule has 0 saturated heterocycles. The molecule has 124 valence electrons. The van der Waals surface area contributed by atoms with E-state index in [1.807, 2.05) is 32.4 Å². The number of carbonyl (C=O) groups is 1. The van der Waals surface area contributed by atoms with Crippen LogP contribution in [0.3, 0.4) is 0 Å². The van der Waals surface area contributed by atoms with Crippen molar-refractivity contribution in [3.05, 3.63) is 29.1 Å². The Kier molecular flexibility index (Phi) is 5.43. The quantitative estimate of drug-likeness (QED) is 0.819. The highest BCUT2D eigenvalue weighted by Crippen LogP contribution is 2.33. The highest BCUT2D eigenvalue weighted by atomic mass is 16.2. The zero-order chi connectivity index (χ0) is 17.0. The second-order valence-electron chi connectivity index (χ2n) is 6.32. The first-order valence-corrected chi connectivity index (χ1v) is 8.08. The van der Waals surface area contributed by atoms with Crippen molar-refractivity contribution in [3.8, 4) is 6.07 Å². The van der Waals surface area contributed by atoms with Gasteiger partial charge in [0.25, 0.3) is 0 Å². The second kappa shape index (κ2) is 7.32. The summed E-state index contributed by atoms with van der Waals surface area (Å²) in [7, 11) is 0. The molecular formula is C17H25N5O. The molecule has 2 N–H and O–H groups in total. The number of aryl methyl sites for hydroxylation is 2. The van der Waals surface area contributed by atoms with Crippen molar-refractivity contribution in [3.63, 3.8) is 0 Å². The highest BCUT2D eigenvalue weighted by molar-refractivity contribution is 5.74. The SMILES string of the molecule is Cc1nn(CCC#N)c(C)c1[C@H]1C=C[C@@H](NC(=O)NC(C)C)C1. The largest absolute Gasteiger partial charge is 0.336 e. The standard InChI is InChI=1S/C17H25N5O/c1-11(2)19-17(23)20-15-7-6-14(10-15)16-12(3)21-22(13(16)4)9-5-8-18/h6-7,11,14-15H,5,9-10H2,1-4H3,(H2,19,20,23)/t14-,15+/m0/s1. The van der Waals surface area contributed by atoms with Crippen LogP contribution in [0.15, 0.2) is 12.2 Å². The summed E-state index contributed by atoms with van der Waals surface area (Å²) < 4.78 is 1.91. The Balaban J connectivity index is 2.02. The zero-order valence-corrected chi connectivity index (χ0v) is 14.3. The Labute approximate surface area is 137 Å². The summed E-state index contributed by atoms with van der Waals surface area (Å²) in [6, 6.07) is 2.19. The first kappa shape index (κ1) is 17.1. The number of urea groups is 1. The first-order chi connectivity index (χ1) is 10.9. The molecule has 1 heterocycles. The number of nitrogens with one attached hydrogen (secondary N) is 2. The van der Waals surface area contributed by atoms with E-state index in [0.717, 1.165) is 17.8 Å². The normalized spacial score (nSPS) is 19.8. The Morgan fingerprint density at radius 2 is 2.22 bits per heavy atom. The summed E-state index contributed by atoms with van der Waals surface area (Å²) in [5.41, 5.74) is 3.33. The van der Waals surface area contributed by atoms with Gasteiger partial charge in [0.2, 0.25) is 0 Å². The van der Waals surface area contributed by atoms with Crippen molar-refractivity contribution in [1.29, 1.82) is 5.26 Å². The molecule has 0 aromatic carbocycles. The number of aromatic nitrogens is 2. The van der Waals surface area contributed by atoms with Gasteiger partial charge in [0.15, 0.2) is 0 Å². The van der Waals surface area contributed by atoms with E-state index >= 15 is 0 Å². The molecule has 0 aliphatic heterocycles. The van der Waals surface area contributed by atoms with Gasteiger partial charge in [0, 0.05) is 29.3 Å². The van der Waals surface area contributed by atoms with E-state index in [4.69, 9.17) is 5.26 Å². The van der Waals surface area contributed by atoms with E-state index in [0.29, 0.717) is 13.0 Å².